The van der Waals surface area contributed by atoms with Crippen LogP contribution < -0.4 is 15.2 Å². The SMILES string of the molecule is COc1cc(-c2c(C#N)c(N)nc3c2CCCC3)ccc1OC(C)C. The fraction of sp³-hybridized carbons (Fsp3) is 0.400. The maximum absolute atomic E-state index is 9.64. The first kappa shape index (κ1) is 17.1. The molecular weight excluding hydrogens is 314 g/mol. The van der Waals surface area contributed by atoms with Crippen LogP contribution in [0.5, 0.6) is 11.5 Å². The smallest absolute Gasteiger partial charge is 0.161 e. The summed E-state index contributed by atoms with van der Waals surface area (Å²) in [5.41, 5.74) is 10.5. The van der Waals surface area contributed by atoms with E-state index >= 15 is 0 Å². The van der Waals surface area contributed by atoms with Gasteiger partial charge in [-0.2, -0.15) is 5.26 Å². The minimum atomic E-state index is 0.0544. The van der Waals surface area contributed by atoms with E-state index in [9.17, 15) is 5.26 Å². The van der Waals surface area contributed by atoms with Crippen LogP contribution in [0.1, 0.15) is 43.5 Å². The fourth-order valence-corrected chi connectivity index (χ4v) is 3.37. The minimum absolute atomic E-state index is 0.0544. The van der Waals surface area contributed by atoms with Crippen molar-refractivity contribution in [3.05, 3.63) is 35.0 Å². The molecule has 0 saturated heterocycles. The van der Waals surface area contributed by atoms with Gasteiger partial charge in [-0.05, 0) is 62.8 Å². The lowest BCUT2D eigenvalue weighted by Crippen LogP contribution is -2.12. The highest BCUT2D eigenvalue weighted by atomic mass is 16.5. The van der Waals surface area contributed by atoms with E-state index in [1.54, 1.807) is 7.11 Å². The van der Waals surface area contributed by atoms with Crippen LogP contribution in [-0.2, 0) is 12.8 Å². The summed E-state index contributed by atoms with van der Waals surface area (Å²) in [5, 5.41) is 9.64. The maximum Gasteiger partial charge on any atom is 0.161 e. The van der Waals surface area contributed by atoms with E-state index in [0.717, 1.165) is 48.1 Å². The molecule has 0 amide bonds. The normalized spacial score (nSPS) is 13.2. The van der Waals surface area contributed by atoms with Gasteiger partial charge in [-0.15, -0.1) is 0 Å². The summed E-state index contributed by atoms with van der Waals surface area (Å²) in [6.45, 7) is 3.95. The summed E-state index contributed by atoms with van der Waals surface area (Å²) < 4.78 is 11.3. The Morgan fingerprint density at radius 1 is 1.20 bits per heavy atom. The Morgan fingerprint density at radius 2 is 1.96 bits per heavy atom. The van der Waals surface area contributed by atoms with Crippen LogP contribution in [0.15, 0.2) is 18.2 Å². The van der Waals surface area contributed by atoms with Gasteiger partial charge in [0.1, 0.15) is 17.5 Å². The molecule has 3 rings (SSSR count). The summed E-state index contributed by atoms with van der Waals surface area (Å²) in [5.74, 6) is 1.64. The number of nitriles is 1. The first-order chi connectivity index (χ1) is 12.0. The molecule has 1 aromatic heterocycles. The molecule has 1 heterocycles. The van der Waals surface area contributed by atoms with Crippen LogP contribution in [0.4, 0.5) is 5.82 Å². The molecule has 0 spiro atoms. The Balaban J connectivity index is 2.19. The van der Waals surface area contributed by atoms with Gasteiger partial charge < -0.3 is 15.2 Å². The molecule has 2 N–H and O–H groups in total. The van der Waals surface area contributed by atoms with E-state index < -0.39 is 0 Å². The zero-order valence-corrected chi connectivity index (χ0v) is 14.9. The molecule has 0 aliphatic heterocycles. The van der Waals surface area contributed by atoms with Crippen LogP contribution in [-0.4, -0.2) is 18.2 Å². The van der Waals surface area contributed by atoms with Crippen molar-refractivity contribution in [3.8, 4) is 28.7 Å². The first-order valence-electron chi connectivity index (χ1n) is 8.61. The highest BCUT2D eigenvalue weighted by molar-refractivity contribution is 5.80. The second kappa shape index (κ2) is 7.02. The number of nitrogen functional groups attached to an aromatic ring is 1. The number of aryl methyl sites for hydroxylation is 1. The molecule has 2 aromatic rings. The Labute approximate surface area is 148 Å². The van der Waals surface area contributed by atoms with Crippen LogP contribution in [0, 0.1) is 11.3 Å². The molecule has 0 bridgehead atoms. The van der Waals surface area contributed by atoms with Gasteiger partial charge in [0.25, 0.3) is 0 Å². The number of anilines is 1. The lowest BCUT2D eigenvalue weighted by atomic mass is 9.86. The quantitative estimate of drug-likeness (QED) is 0.915. The van der Waals surface area contributed by atoms with Crippen molar-refractivity contribution in [1.82, 2.24) is 4.98 Å². The number of nitrogens with zero attached hydrogens (tertiary/aromatic N) is 2. The third kappa shape index (κ3) is 3.25. The van der Waals surface area contributed by atoms with Crippen molar-refractivity contribution in [2.24, 2.45) is 0 Å². The van der Waals surface area contributed by atoms with Crippen molar-refractivity contribution >= 4 is 5.82 Å². The molecule has 1 aliphatic rings. The third-order valence-electron chi connectivity index (χ3n) is 4.43. The van der Waals surface area contributed by atoms with Gasteiger partial charge in [0, 0.05) is 11.3 Å². The number of rotatable bonds is 4. The largest absolute Gasteiger partial charge is 0.493 e. The second-order valence-corrected chi connectivity index (χ2v) is 6.52. The summed E-state index contributed by atoms with van der Waals surface area (Å²) in [7, 11) is 1.62. The van der Waals surface area contributed by atoms with Gasteiger partial charge in [-0.25, -0.2) is 4.98 Å². The number of methoxy groups -OCH3 is 1. The van der Waals surface area contributed by atoms with Crippen molar-refractivity contribution in [2.75, 3.05) is 12.8 Å². The zero-order valence-electron chi connectivity index (χ0n) is 14.9. The summed E-state index contributed by atoms with van der Waals surface area (Å²) in [4.78, 5) is 4.47. The molecular formula is C20H23N3O2. The van der Waals surface area contributed by atoms with E-state index in [2.05, 4.69) is 11.1 Å². The topological polar surface area (TPSA) is 81.2 Å². The Morgan fingerprint density at radius 3 is 2.64 bits per heavy atom. The molecule has 1 aliphatic carbocycles. The average molecular weight is 337 g/mol. The molecule has 0 fully saturated rings. The number of ether oxygens (including phenoxy) is 2. The Hall–Kier alpha value is -2.74. The maximum atomic E-state index is 9.64. The molecule has 25 heavy (non-hydrogen) atoms. The molecule has 1 aromatic carbocycles. The standard InChI is InChI=1S/C20H23N3O2/c1-12(2)25-17-9-8-13(10-18(17)24-3)19-14-6-4-5-7-16(14)23-20(22)15(19)11-21/h8-10,12H,4-7H2,1-3H3,(H2,22,23). The fourth-order valence-electron chi connectivity index (χ4n) is 3.37. The minimum Gasteiger partial charge on any atom is -0.493 e. The van der Waals surface area contributed by atoms with Gasteiger partial charge in [0.2, 0.25) is 0 Å². The van der Waals surface area contributed by atoms with Crippen molar-refractivity contribution in [2.45, 2.75) is 45.6 Å². The molecule has 0 saturated carbocycles. The molecule has 5 heteroatoms. The first-order valence-corrected chi connectivity index (χ1v) is 8.61. The van der Waals surface area contributed by atoms with Crippen LogP contribution in [0.3, 0.4) is 0 Å². The van der Waals surface area contributed by atoms with Gasteiger partial charge >= 0.3 is 0 Å². The number of nitrogens with two attached hydrogens (primary N) is 1. The van der Waals surface area contributed by atoms with Crippen LogP contribution >= 0.6 is 0 Å². The third-order valence-corrected chi connectivity index (χ3v) is 4.43. The van der Waals surface area contributed by atoms with Gasteiger partial charge in [-0.1, -0.05) is 6.07 Å². The van der Waals surface area contributed by atoms with E-state index in [1.165, 1.54) is 0 Å². The number of hydrogen-bond acceptors (Lipinski definition) is 5. The average Bonchev–Trinajstić information content (AvgIpc) is 2.60. The van der Waals surface area contributed by atoms with Crippen molar-refractivity contribution in [1.29, 1.82) is 5.26 Å². The summed E-state index contributed by atoms with van der Waals surface area (Å²) in [6.07, 6.45) is 4.08. The highest BCUT2D eigenvalue weighted by Gasteiger charge is 2.22. The van der Waals surface area contributed by atoms with Crippen LogP contribution in [0.2, 0.25) is 0 Å². The van der Waals surface area contributed by atoms with Gasteiger partial charge in [-0.3, -0.25) is 0 Å². The van der Waals surface area contributed by atoms with E-state index in [1.807, 2.05) is 32.0 Å². The Bertz CT molecular complexity index is 838. The number of benzene rings is 1. The predicted molar refractivity (Wildman–Crippen MR) is 97.8 cm³/mol. The van der Waals surface area contributed by atoms with E-state index in [-0.39, 0.29) is 6.10 Å². The van der Waals surface area contributed by atoms with E-state index in [0.29, 0.717) is 22.9 Å². The van der Waals surface area contributed by atoms with Crippen molar-refractivity contribution < 1.29 is 9.47 Å². The number of fused-ring (bicyclic) bond motifs is 1. The number of pyridine rings is 1. The molecule has 0 radical (unpaired) electrons. The van der Waals surface area contributed by atoms with Crippen LogP contribution in [0.25, 0.3) is 11.1 Å². The Kier molecular flexibility index (Phi) is 4.80. The van der Waals surface area contributed by atoms with Gasteiger partial charge in [0.05, 0.1) is 13.2 Å². The summed E-state index contributed by atoms with van der Waals surface area (Å²) >= 11 is 0. The summed E-state index contributed by atoms with van der Waals surface area (Å²) in [6, 6.07) is 8.01. The monoisotopic (exact) mass is 337 g/mol. The number of aromatic nitrogens is 1. The lowest BCUT2D eigenvalue weighted by Gasteiger charge is -2.22. The highest BCUT2D eigenvalue weighted by Crippen LogP contribution is 2.39. The lowest BCUT2D eigenvalue weighted by molar-refractivity contribution is 0.230. The van der Waals surface area contributed by atoms with Crippen molar-refractivity contribution in [3.63, 3.8) is 0 Å². The van der Waals surface area contributed by atoms with Gasteiger partial charge in [0.15, 0.2) is 11.5 Å². The molecule has 5 nitrogen and oxygen atoms in total. The zero-order chi connectivity index (χ0) is 18.0. The predicted octanol–water partition coefficient (Wildman–Crippen LogP) is 3.88. The second-order valence-electron chi connectivity index (χ2n) is 6.52. The molecule has 0 atom stereocenters. The molecule has 0 unspecified atom stereocenters. The van der Waals surface area contributed by atoms with E-state index in [4.69, 9.17) is 15.2 Å². The molecule has 130 valence electrons. The number of hydrogen-bond donors (Lipinski definition) is 1.